The van der Waals surface area contributed by atoms with Crippen molar-refractivity contribution in [2.24, 2.45) is 11.8 Å². The second-order valence-corrected chi connectivity index (χ2v) is 6.78. The molecule has 1 aromatic rings. The summed E-state index contributed by atoms with van der Waals surface area (Å²) >= 11 is 3.56. The molecule has 3 heteroatoms. The third-order valence-corrected chi connectivity index (χ3v) is 3.97. The van der Waals surface area contributed by atoms with Crippen molar-refractivity contribution in [2.75, 3.05) is 26.8 Å². The van der Waals surface area contributed by atoms with Gasteiger partial charge in [0, 0.05) is 18.1 Å². The van der Waals surface area contributed by atoms with Gasteiger partial charge >= 0.3 is 0 Å². The van der Waals surface area contributed by atoms with Crippen molar-refractivity contribution in [1.29, 1.82) is 0 Å². The summed E-state index contributed by atoms with van der Waals surface area (Å²) in [5.41, 5.74) is 1.42. The summed E-state index contributed by atoms with van der Waals surface area (Å²) in [4.78, 5) is 0. The first kappa shape index (κ1) is 17.7. The van der Waals surface area contributed by atoms with Crippen molar-refractivity contribution in [3.8, 4) is 0 Å². The van der Waals surface area contributed by atoms with Crippen LogP contribution in [0, 0.1) is 11.8 Å². The van der Waals surface area contributed by atoms with Gasteiger partial charge in [0.1, 0.15) is 0 Å². The number of methoxy groups -OCH3 is 1. The molecule has 0 aromatic heterocycles. The van der Waals surface area contributed by atoms with E-state index >= 15 is 0 Å². The minimum atomic E-state index is 0.698. The maximum atomic E-state index is 5.09. The van der Waals surface area contributed by atoms with Gasteiger partial charge in [-0.05, 0) is 48.9 Å². The van der Waals surface area contributed by atoms with Crippen molar-refractivity contribution in [3.63, 3.8) is 0 Å². The van der Waals surface area contributed by atoms with E-state index in [1.165, 1.54) is 22.9 Å². The highest BCUT2D eigenvalue weighted by molar-refractivity contribution is 9.10. The first-order chi connectivity index (χ1) is 9.61. The summed E-state index contributed by atoms with van der Waals surface area (Å²) in [6, 6.07) is 8.67. The van der Waals surface area contributed by atoms with E-state index in [9.17, 15) is 0 Å². The highest BCUT2D eigenvalue weighted by atomic mass is 79.9. The zero-order valence-corrected chi connectivity index (χ0v) is 14.6. The van der Waals surface area contributed by atoms with E-state index in [2.05, 4.69) is 59.4 Å². The van der Waals surface area contributed by atoms with Gasteiger partial charge in [0.05, 0.1) is 6.61 Å². The van der Waals surface area contributed by atoms with Crippen LogP contribution in [0.25, 0.3) is 0 Å². The monoisotopic (exact) mass is 341 g/mol. The van der Waals surface area contributed by atoms with Crippen LogP contribution in [-0.4, -0.2) is 26.8 Å². The average Bonchev–Trinajstić information content (AvgIpc) is 2.40. The highest BCUT2D eigenvalue weighted by Gasteiger charge is 2.11. The SMILES string of the molecule is COCCNCC(CCC(C)C)Cc1cccc(Br)c1. The van der Waals surface area contributed by atoms with E-state index < -0.39 is 0 Å². The molecule has 0 amide bonds. The number of hydrogen-bond donors (Lipinski definition) is 1. The molecule has 0 saturated carbocycles. The first-order valence-electron chi connectivity index (χ1n) is 7.56. The Bertz CT molecular complexity index is 368. The molecule has 1 N–H and O–H groups in total. The molecule has 1 aromatic carbocycles. The highest BCUT2D eigenvalue weighted by Crippen LogP contribution is 2.19. The van der Waals surface area contributed by atoms with Crippen LogP contribution < -0.4 is 5.32 Å². The lowest BCUT2D eigenvalue weighted by atomic mass is 9.92. The van der Waals surface area contributed by atoms with Crippen LogP contribution in [0.5, 0.6) is 0 Å². The Morgan fingerprint density at radius 2 is 2.05 bits per heavy atom. The predicted octanol–water partition coefficient (Wildman–Crippen LogP) is 4.28. The number of hydrogen-bond acceptors (Lipinski definition) is 2. The molecule has 0 heterocycles. The van der Waals surface area contributed by atoms with Gasteiger partial charge in [0.25, 0.3) is 0 Å². The molecule has 0 spiro atoms. The lowest BCUT2D eigenvalue weighted by Gasteiger charge is -2.19. The molecule has 1 rings (SSSR count). The predicted molar refractivity (Wildman–Crippen MR) is 90.2 cm³/mol. The van der Waals surface area contributed by atoms with Gasteiger partial charge in [0.15, 0.2) is 0 Å². The fraction of sp³-hybridized carbons (Fsp3) is 0.647. The summed E-state index contributed by atoms with van der Waals surface area (Å²) in [5, 5.41) is 3.51. The molecule has 1 atom stereocenters. The molecule has 0 aliphatic heterocycles. The lowest BCUT2D eigenvalue weighted by molar-refractivity contribution is 0.197. The molecule has 1 unspecified atom stereocenters. The van der Waals surface area contributed by atoms with Crippen molar-refractivity contribution in [2.45, 2.75) is 33.1 Å². The molecule has 0 fully saturated rings. The lowest BCUT2D eigenvalue weighted by Crippen LogP contribution is -2.27. The molecule has 0 aliphatic carbocycles. The minimum Gasteiger partial charge on any atom is -0.383 e. The van der Waals surface area contributed by atoms with Crippen LogP contribution in [0.1, 0.15) is 32.3 Å². The van der Waals surface area contributed by atoms with Gasteiger partial charge in [-0.25, -0.2) is 0 Å². The fourth-order valence-electron chi connectivity index (χ4n) is 2.32. The fourth-order valence-corrected chi connectivity index (χ4v) is 2.77. The van der Waals surface area contributed by atoms with Crippen LogP contribution in [0.15, 0.2) is 28.7 Å². The Kier molecular flexibility index (Phi) is 9.16. The van der Waals surface area contributed by atoms with Crippen LogP contribution in [0.2, 0.25) is 0 Å². The van der Waals surface area contributed by atoms with Crippen LogP contribution in [-0.2, 0) is 11.2 Å². The van der Waals surface area contributed by atoms with E-state index in [4.69, 9.17) is 4.74 Å². The topological polar surface area (TPSA) is 21.3 Å². The van der Waals surface area contributed by atoms with Crippen molar-refractivity contribution >= 4 is 15.9 Å². The number of benzene rings is 1. The first-order valence-corrected chi connectivity index (χ1v) is 8.35. The zero-order valence-electron chi connectivity index (χ0n) is 13.0. The Hall–Kier alpha value is -0.380. The van der Waals surface area contributed by atoms with Crippen LogP contribution in [0.4, 0.5) is 0 Å². The molecular formula is C17H28BrNO. The molecule has 0 aliphatic rings. The van der Waals surface area contributed by atoms with E-state index in [-0.39, 0.29) is 0 Å². The molecule has 2 nitrogen and oxygen atoms in total. The van der Waals surface area contributed by atoms with Gasteiger partial charge in [-0.3, -0.25) is 0 Å². The second-order valence-electron chi connectivity index (χ2n) is 5.87. The van der Waals surface area contributed by atoms with Gasteiger partial charge in [-0.2, -0.15) is 0 Å². The van der Waals surface area contributed by atoms with Crippen LogP contribution in [0.3, 0.4) is 0 Å². The standard InChI is InChI=1S/C17H28BrNO/c1-14(2)7-8-16(13-19-9-10-20-3)11-15-5-4-6-17(18)12-15/h4-6,12,14,16,19H,7-11,13H2,1-3H3. The van der Waals surface area contributed by atoms with E-state index in [1.54, 1.807) is 7.11 Å². The third kappa shape index (κ3) is 8.03. The Labute approximate surface area is 132 Å². The molecular weight excluding hydrogens is 314 g/mol. The smallest absolute Gasteiger partial charge is 0.0587 e. The second kappa shape index (κ2) is 10.4. The largest absolute Gasteiger partial charge is 0.383 e. The molecule has 0 bridgehead atoms. The molecule has 114 valence electrons. The van der Waals surface area contributed by atoms with Gasteiger partial charge in [0.2, 0.25) is 0 Å². The van der Waals surface area contributed by atoms with Gasteiger partial charge < -0.3 is 10.1 Å². The number of halogens is 1. The van der Waals surface area contributed by atoms with Gasteiger partial charge in [-0.1, -0.05) is 48.3 Å². The summed E-state index contributed by atoms with van der Waals surface area (Å²) in [6.07, 6.45) is 3.72. The zero-order chi connectivity index (χ0) is 14.8. The summed E-state index contributed by atoms with van der Waals surface area (Å²) in [7, 11) is 1.75. The maximum Gasteiger partial charge on any atom is 0.0587 e. The maximum absolute atomic E-state index is 5.09. The average molecular weight is 342 g/mol. The third-order valence-electron chi connectivity index (χ3n) is 3.48. The number of rotatable bonds is 10. The van der Waals surface area contributed by atoms with Crippen molar-refractivity contribution in [3.05, 3.63) is 34.3 Å². The Balaban J connectivity index is 2.47. The summed E-state index contributed by atoms with van der Waals surface area (Å²) in [5.74, 6) is 1.47. The van der Waals surface area contributed by atoms with Crippen molar-refractivity contribution in [1.82, 2.24) is 5.32 Å². The van der Waals surface area contributed by atoms with E-state index in [0.717, 1.165) is 32.0 Å². The molecule has 0 saturated heterocycles. The molecule has 20 heavy (non-hydrogen) atoms. The molecule has 0 radical (unpaired) electrons. The van der Waals surface area contributed by atoms with Crippen LogP contribution >= 0.6 is 15.9 Å². The quantitative estimate of drug-likeness (QED) is 0.641. The Morgan fingerprint density at radius 3 is 2.70 bits per heavy atom. The van der Waals surface area contributed by atoms with Crippen molar-refractivity contribution < 1.29 is 4.74 Å². The normalized spacial score (nSPS) is 12.8. The van der Waals surface area contributed by atoms with E-state index in [0.29, 0.717) is 5.92 Å². The summed E-state index contributed by atoms with van der Waals surface area (Å²) < 4.78 is 6.26. The number of ether oxygens (including phenoxy) is 1. The number of nitrogens with one attached hydrogen (secondary N) is 1. The Morgan fingerprint density at radius 1 is 1.25 bits per heavy atom. The minimum absolute atomic E-state index is 0.698. The van der Waals surface area contributed by atoms with E-state index in [1.807, 2.05) is 0 Å². The van der Waals surface area contributed by atoms with Gasteiger partial charge in [-0.15, -0.1) is 0 Å². The summed E-state index contributed by atoms with van der Waals surface area (Å²) in [6.45, 7) is 7.40.